The molecule has 27 heavy (non-hydrogen) atoms. The maximum Gasteiger partial charge on any atom is 0.307 e. The van der Waals surface area contributed by atoms with Crippen molar-refractivity contribution in [1.82, 2.24) is 9.88 Å². The van der Waals surface area contributed by atoms with E-state index in [0.29, 0.717) is 0 Å². The van der Waals surface area contributed by atoms with Gasteiger partial charge in [0.15, 0.2) is 0 Å². The number of hydrogen-bond donors (Lipinski definition) is 1. The van der Waals surface area contributed by atoms with Gasteiger partial charge in [-0.05, 0) is 36.1 Å². The average molecular weight is 367 g/mol. The Labute approximate surface area is 159 Å². The van der Waals surface area contributed by atoms with Crippen molar-refractivity contribution in [3.63, 3.8) is 0 Å². The number of anilines is 1. The molecule has 0 spiro atoms. The Morgan fingerprint density at radius 2 is 1.78 bits per heavy atom. The first kappa shape index (κ1) is 18.9. The largest absolute Gasteiger partial charge is 0.481 e. The van der Waals surface area contributed by atoms with E-state index in [9.17, 15) is 9.59 Å². The number of aliphatic carboxylic acids is 1. The lowest BCUT2D eigenvalue weighted by Crippen LogP contribution is -2.48. The molecule has 3 rings (SSSR count). The van der Waals surface area contributed by atoms with Crippen LogP contribution in [0.15, 0.2) is 42.6 Å². The molecule has 2 aromatic rings. The monoisotopic (exact) mass is 367 g/mol. The van der Waals surface area contributed by atoms with Crippen molar-refractivity contribution >= 4 is 17.6 Å². The van der Waals surface area contributed by atoms with Crippen LogP contribution in [0.25, 0.3) is 0 Å². The lowest BCUT2D eigenvalue weighted by molar-refractivity contribution is -0.136. The maximum atomic E-state index is 11.4. The molecule has 0 unspecified atom stereocenters. The first-order valence-electron chi connectivity index (χ1n) is 9.26. The van der Waals surface area contributed by atoms with Crippen LogP contribution in [0, 0.1) is 0 Å². The van der Waals surface area contributed by atoms with E-state index in [-0.39, 0.29) is 12.3 Å². The molecule has 0 radical (unpaired) electrons. The number of hydrogen-bond acceptors (Lipinski definition) is 4. The second-order valence-corrected chi connectivity index (χ2v) is 6.89. The number of rotatable bonds is 6. The summed E-state index contributed by atoms with van der Waals surface area (Å²) in [6.45, 7) is 4.78. The van der Waals surface area contributed by atoms with Gasteiger partial charge in [-0.3, -0.25) is 14.6 Å². The molecule has 142 valence electrons. The van der Waals surface area contributed by atoms with Gasteiger partial charge in [0.05, 0.1) is 18.3 Å². The van der Waals surface area contributed by atoms with Crippen LogP contribution in [0.5, 0.6) is 0 Å². The highest BCUT2D eigenvalue weighted by Gasteiger charge is 2.18. The quantitative estimate of drug-likeness (QED) is 0.847. The summed E-state index contributed by atoms with van der Waals surface area (Å²) in [4.78, 5) is 31.0. The molecule has 1 aromatic heterocycles. The summed E-state index contributed by atoms with van der Waals surface area (Å²) in [5, 5.41) is 8.91. The first-order chi connectivity index (χ1) is 13.0. The Balaban J connectivity index is 1.54. The molecule has 0 saturated carbocycles. The van der Waals surface area contributed by atoms with Crippen LogP contribution >= 0.6 is 0 Å². The van der Waals surface area contributed by atoms with E-state index in [1.165, 1.54) is 0 Å². The van der Waals surface area contributed by atoms with Crippen LogP contribution in [-0.2, 0) is 28.9 Å². The van der Waals surface area contributed by atoms with Gasteiger partial charge >= 0.3 is 5.97 Å². The van der Waals surface area contributed by atoms with E-state index in [4.69, 9.17) is 5.11 Å². The number of benzene rings is 1. The van der Waals surface area contributed by atoms with Crippen molar-refractivity contribution in [2.75, 3.05) is 31.1 Å². The van der Waals surface area contributed by atoms with Gasteiger partial charge in [-0.2, -0.15) is 0 Å². The van der Waals surface area contributed by atoms with Crippen molar-refractivity contribution in [2.24, 2.45) is 0 Å². The van der Waals surface area contributed by atoms with Gasteiger partial charge in [0.2, 0.25) is 5.91 Å². The molecule has 1 aromatic carbocycles. The summed E-state index contributed by atoms with van der Waals surface area (Å²) >= 11 is 0. The third-order valence-corrected chi connectivity index (χ3v) is 4.92. The van der Waals surface area contributed by atoms with Gasteiger partial charge in [-0.25, -0.2) is 0 Å². The summed E-state index contributed by atoms with van der Waals surface area (Å²) in [6, 6.07) is 11.9. The lowest BCUT2D eigenvalue weighted by Gasteiger charge is -2.35. The van der Waals surface area contributed by atoms with Gasteiger partial charge < -0.3 is 14.9 Å². The number of aromatic nitrogens is 1. The molecule has 1 aliphatic rings. The SMILES string of the molecule is CC(=O)N1CCN(c2ccc(CCc3cccc(CC(=O)O)c3)nc2)CC1. The van der Waals surface area contributed by atoms with E-state index in [1.807, 2.05) is 41.4 Å². The van der Waals surface area contributed by atoms with E-state index in [0.717, 1.165) is 61.5 Å². The van der Waals surface area contributed by atoms with E-state index < -0.39 is 5.97 Å². The molecule has 6 nitrogen and oxygen atoms in total. The summed E-state index contributed by atoms with van der Waals surface area (Å²) in [7, 11) is 0. The molecule has 1 fully saturated rings. The van der Waals surface area contributed by atoms with E-state index >= 15 is 0 Å². The molecule has 2 heterocycles. The number of piperazine rings is 1. The smallest absolute Gasteiger partial charge is 0.307 e. The number of carbonyl (C=O) groups excluding carboxylic acids is 1. The Kier molecular flexibility index (Phi) is 6.06. The zero-order valence-corrected chi connectivity index (χ0v) is 15.6. The van der Waals surface area contributed by atoms with Crippen LogP contribution in [0.3, 0.4) is 0 Å². The molecular weight excluding hydrogens is 342 g/mol. The number of carbonyl (C=O) groups is 2. The average Bonchev–Trinajstić information content (AvgIpc) is 2.67. The van der Waals surface area contributed by atoms with E-state index in [2.05, 4.69) is 16.0 Å². The predicted molar refractivity (Wildman–Crippen MR) is 104 cm³/mol. The zero-order valence-electron chi connectivity index (χ0n) is 15.6. The Bertz CT molecular complexity index is 797. The maximum absolute atomic E-state index is 11.4. The fourth-order valence-corrected chi connectivity index (χ4v) is 3.37. The lowest BCUT2D eigenvalue weighted by atomic mass is 10.0. The van der Waals surface area contributed by atoms with Gasteiger partial charge in [-0.1, -0.05) is 24.3 Å². The van der Waals surface area contributed by atoms with Gasteiger partial charge in [-0.15, -0.1) is 0 Å². The van der Waals surface area contributed by atoms with Crippen molar-refractivity contribution < 1.29 is 14.7 Å². The zero-order chi connectivity index (χ0) is 19.2. The third kappa shape index (κ3) is 5.29. The highest BCUT2D eigenvalue weighted by Crippen LogP contribution is 2.17. The highest BCUT2D eigenvalue weighted by molar-refractivity contribution is 5.73. The first-order valence-corrected chi connectivity index (χ1v) is 9.26. The number of pyridine rings is 1. The molecule has 1 aliphatic heterocycles. The van der Waals surface area contributed by atoms with Gasteiger partial charge in [0, 0.05) is 38.8 Å². The second-order valence-electron chi connectivity index (χ2n) is 6.89. The normalized spacial score (nSPS) is 14.3. The molecule has 1 amide bonds. The Morgan fingerprint density at radius 1 is 1.04 bits per heavy atom. The van der Waals surface area contributed by atoms with E-state index in [1.54, 1.807) is 6.92 Å². The standard InChI is InChI=1S/C21H25N3O3/c1-16(25)23-9-11-24(12-10-23)20-8-7-19(22-15-20)6-5-17-3-2-4-18(13-17)14-21(26)27/h2-4,7-8,13,15H,5-6,9-12,14H2,1H3,(H,26,27). The van der Waals surface area contributed by atoms with Crippen LogP contribution in [0.1, 0.15) is 23.7 Å². The summed E-state index contributed by atoms with van der Waals surface area (Å²) in [5.41, 5.74) is 4.06. The molecule has 0 aliphatic carbocycles. The highest BCUT2D eigenvalue weighted by atomic mass is 16.4. The molecule has 1 N–H and O–H groups in total. The third-order valence-electron chi connectivity index (χ3n) is 4.92. The number of carboxylic acid groups (broad SMARTS) is 1. The summed E-state index contributed by atoms with van der Waals surface area (Å²) in [6.07, 6.45) is 3.60. The second kappa shape index (κ2) is 8.66. The number of aryl methyl sites for hydroxylation is 2. The van der Waals surface area contributed by atoms with Crippen molar-refractivity contribution in [3.8, 4) is 0 Å². The fraction of sp³-hybridized carbons (Fsp3) is 0.381. The topological polar surface area (TPSA) is 73.7 Å². The van der Waals surface area contributed by atoms with Crippen LogP contribution < -0.4 is 4.90 Å². The van der Waals surface area contributed by atoms with Crippen molar-refractivity contribution in [1.29, 1.82) is 0 Å². The van der Waals surface area contributed by atoms with Crippen molar-refractivity contribution in [2.45, 2.75) is 26.2 Å². The Hall–Kier alpha value is -2.89. The summed E-state index contributed by atoms with van der Waals surface area (Å²) in [5.74, 6) is -0.677. The summed E-state index contributed by atoms with van der Waals surface area (Å²) < 4.78 is 0. The number of nitrogens with zero attached hydrogens (tertiary/aromatic N) is 3. The molecular formula is C21H25N3O3. The van der Waals surface area contributed by atoms with Gasteiger partial charge in [0.1, 0.15) is 0 Å². The molecule has 0 atom stereocenters. The van der Waals surface area contributed by atoms with Crippen LogP contribution in [-0.4, -0.2) is 53.0 Å². The van der Waals surface area contributed by atoms with Crippen LogP contribution in [0.4, 0.5) is 5.69 Å². The number of carboxylic acids is 1. The van der Waals surface area contributed by atoms with Crippen LogP contribution in [0.2, 0.25) is 0 Å². The fourth-order valence-electron chi connectivity index (χ4n) is 3.37. The minimum absolute atomic E-state index is 0.0533. The minimum atomic E-state index is -0.812. The minimum Gasteiger partial charge on any atom is -0.481 e. The molecule has 0 bridgehead atoms. The van der Waals surface area contributed by atoms with Crippen molar-refractivity contribution in [3.05, 3.63) is 59.4 Å². The van der Waals surface area contributed by atoms with Gasteiger partial charge in [0.25, 0.3) is 0 Å². The Morgan fingerprint density at radius 3 is 2.41 bits per heavy atom. The predicted octanol–water partition coefficient (Wildman–Crippen LogP) is 2.16. The molecule has 6 heteroatoms. The molecule has 1 saturated heterocycles. The number of amides is 1.